The summed E-state index contributed by atoms with van der Waals surface area (Å²) in [7, 11) is -9.74. The predicted octanol–water partition coefficient (Wildman–Crippen LogP) is 9.50. The van der Waals surface area contributed by atoms with Crippen LogP contribution in [0.2, 0.25) is 0 Å². The molecular weight excluding hydrogens is 854 g/mol. The molecule has 5 atom stereocenters. The number of unbranched alkanes of at least 4 members (excludes halogenated alkanes) is 11. The third kappa shape index (κ3) is 44.2. The molecular formula is C46H78O15P2. The normalized spacial score (nSPS) is 15.7. The average molecular weight is 933 g/mol. The number of rotatable bonds is 41. The first-order valence-corrected chi connectivity index (χ1v) is 25.5. The van der Waals surface area contributed by atoms with Crippen LogP contribution in [-0.2, 0) is 41.8 Å². The van der Waals surface area contributed by atoms with E-state index in [-0.39, 0.29) is 12.8 Å². The van der Waals surface area contributed by atoms with Crippen molar-refractivity contribution in [3.05, 3.63) is 85.1 Å². The molecule has 0 radical (unpaired) electrons. The van der Waals surface area contributed by atoms with Gasteiger partial charge in [0.05, 0.1) is 32.0 Å². The van der Waals surface area contributed by atoms with Crippen molar-refractivity contribution >= 4 is 27.6 Å². The van der Waals surface area contributed by atoms with Crippen LogP contribution in [0.3, 0.4) is 0 Å². The molecule has 0 aliphatic carbocycles. The first-order chi connectivity index (χ1) is 30.2. The number of aliphatic hydroxyl groups excluding tert-OH is 3. The summed E-state index contributed by atoms with van der Waals surface area (Å²) in [6.07, 6.45) is 39.3. The molecule has 362 valence electrons. The molecule has 0 aliphatic heterocycles. The second kappa shape index (κ2) is 40.7. The van der Waals surface area contributed by atoms with Crippen molar-refractivity contribution in [3.63, 3.8) is 0 Å². The number of carbonyl (C=O) groups is 2. The molecule has 0 amide bonds. The number of allylic oxidation sites excluding steroid dienone is 10. The van der Waals surface area contributed by atoms with Gasteiger partial charge in [-0.25, -0.2) is 9.13 Å². The average Bonchev–Trinajstić information content (AvgIpc) is 3.23. The van der Waals surface area contributed by atoms with Gasteiger partial charge in [0.15, 0.2) is 6.10 Å². The fourth-order valence-corrected chi connectivity index (χ4v) is 6.64. The SMILES string of the molecule is CC/C=C\C[C@@H](O)/C=C/C=C\C=C\[C@@H](O)C/C=C\C/C=C\CCC(=O)OC[C@H](COP(=O)(O)OC[C@@H](O)COP(=O)(O)O)OC(=O)CCCCCCC/C=C\CCCCCCCC. The second-order valence-electron chi connectivity index (χ2n) is 15.0. The molecule has 0 spiro atoms. The van der Waals surface area contributed by atoms with Gasteiger partial charge in [0.2, 0.25) is 0 Å². The van der Waals surface area contributed by atoms with E-state index in [1.165, 1.54) is 38.5 Å². The topological polar surface area (TPSA) is 236 Å². The Bertz CT molecular complexity index is 1470. The fourth-order valence-electron chi connectivity index (χ4n) is 5.48. The largest absolute Gasteiger partial charge is 0.472 e. The number of ether oxygens (including phenoxy) is 2. The van der Waals surface area contributed by atoms with E-state index >= 15 is 0 Å². The lowest BCUT2D eigenvalue weighted by molar-refractivity contribution is -0.161. The summed E-state index contributed by atoms with van der Waals surface area (Å²) in [5, 5.41) is 29.7. The van der Waals surface area contributed by atoms with E-state index in [2.05, 4.69) is 28.1 Å². The molecule has 0 aromatic carbocycles. The molecule has 6 N–H and O–H groups in total. The van der Waals surface area contributed by atoms with Gasteiger partial charge in [-0.3, -0.25) is 23.2 Å². The molecule has 15 nitrogen and oxygen atoms in total. The zero-order valence-electron chi connectivity index (χ0n) is 37.6. The number of phosphoric acid groups is 2. The highest BCUT2D eigenvalue weighted by Crippen LogP contribution is 2.43. The maximum atomic E-state index is 12.7. The Balaban J connectivity index is 4.74. The summed E-state index contributed by atoms with van der Waals surface area (Å²) in [4.78, 5) is 52.7. The molecule has 0 aromatic heterocycles. The van der Waals surface area contributed by atoms with E-state index in [0.29, 0.717) is 32.1 Å². The summed E-state index contributed by atoms with van der Waals surface area (Å²) in [6, 6.07) is 0. The zero-order chi connectivity index (χ0) is 46.9. The van der Waals surface area contributed by atoms with E-state index in [1.54, 1.807) is 42.5 Å². The molecule has 0 aromatic rings. The Morgan fingerprint density at radius 1 is 0.540 bits per heavy atom. The van der Waals surface area contributed by atoms with Gasteiger partial charge in [-0.2, -0.15) is 0 Å². The van der Waals surface area contributed by atoms with Gasteiger partial charge in [-0.1, -0.05) is 150 Å². The minimum atomic E-state index is -4.89. The smallest absolute Gasteiger partial charge is 0.462 e. The third-order valence-corrected chi connectivity index (χ3v) is 10.4. The number of carbonyl (C=O) groups excluding carboxylic acids is 2. The molecule has 0 saturated carbocycles. The van der Waals surface area contributed by atoms with Crippen molar-refractivity contribution in [1.82, 2.24) is 0 Å². The molecule has 63 heavy (non-hydrogen) atoms. The van der Waals surface area contributed by atoms with Gasteiger partial charge in [0, 0.05) is 12.8 Å². The Morgan fingerprint density at radius 3 is 1.67 bits per heavy atom. The van der Waals surface area contributed by atoms with E-state index in [0.717, 1.165) is 44.9 Å². The molecule has 0 aliphatic rings. The van der Waals surface area contributed by atoms with Crippen molar-refractivity contribution < 1.29 is 71.8 Å². The maximum Gasteiger partial charge on any atom is 0.472 e. The van der Waals surface area contributed by atoms with Crippen LogP contribution in [0.4, 0.5) is 0 Å². The van der Waals surface area contributed by atoms with Crippen molar-refractivity contribution in [2.75, 3.05) is 26.4 Å². The standard InChI is InChI=1S/C46H78O15P2/c1-3-5-7-8-9-10-11-12-13-14-15-16-17-22-30-36-46(51)61-44(40-60-63(55,56)59-38-43(49)37-58-62(52,53)54)39-57-45(50)35-29-21-19-18-20-26-32-42(48)34-28-24-23-27-33-41(47)31-25-6-4-2/h6,12-13,19-21,23-28,33-34,41-44,47-49H,3-5,7-11,14-18,22,29-32,35-40H2,1-2H3,(H,55,56)(H2,52,53,54)/b13-12-,21-19-,24-23-,25-6-,26-20-,33-27+,34-28+/t41-,42+,43+,44-/m1/s1. The number of esters is 2. The lowest BCUT2D eigenvalue weighted by Gasteiger charge is -2.20. The van der Waals surface area contributed by atoms with Gasteiger partial charge in [-0.05, 0) is 64.2 Å². The van der Waals surface area contributed by atoms with Crippen LogP contribution in [0.5, 0.6) is 0 Å². The quantitative estimate of drug-likeness (QED) is 0.0110. The number of phosphoric ester groups is 2. The van der Waals surface area contributed by atoms with Crippen LogP contribution < -0.4 is 0 Å². The Hall–Kier alpha value is -2.78. The molecule has 17 heteroatoms. The van der Waals surface area contributed by atoms with Crippen molar-refractivity contribution in [2.45, 2.75) is 167 Å². The Kier molecular flexibility index (Phi) is 38.9. The molecule has 1 unspecified atom stereocenters. The van der Waals surface area contributed by atoms with Crippen LogP contribution in [0, 0.1) is 0 Å². The summed E-state index contributed by atoms with van der Waals surface area (Å²) in [5.74, 6) is -1.21. The lowest BCUT2D eigenvalue weighted by Crippen LogP contribution is -2.29. The monoisotopic (exact) mass is 932 g/mol. The molecule has 0 heterocycles. The van der Waals surface area contributed by atoms with E-state index in [9.17, 15) is 38.9 Å². The van der Waals surface area contributed by atoms with E-state index in [1.807, 2.05) is 37.3 Å². The van der Waals surface area contributed by atoms with Crippen LogP contribution in [-0.4, -0.2) is 92.8 Å². The van der Waals surface area contributed by atoms with Crippen LogP contribution >= 0.6 is 15.6 Å². The number of hydrogen-bond acceptors (Lipinski definition) is 12. The van der Waals surface area contributed by atoms with Gasteiger partial charge in [0.25, 0.3) is 0 Å². The Morgan fingerprint density at radius 2 is 1.06 bits per heavy atom. The van der Waals surface area contributed by atoms with Crippen molar-refractivity contribution in [2.24, 2.45) is 0 Å². The molecule has 0 saturated heterocycles. The first kappa shape index (κ1) is 60.2. The molecule has 0 rings (SSSR count). The third-order valence-electron chi connectivity index (χ3n) is 8.94. The van der Waals surface area contributed by atoms with E-state index in [4.69, 9.17) is 23.8 Å². The van der Waals surface area contributed by atoms with E-state index < -0.39 is 78.4 Å². The summed E-state index contributed by atoms with van der Waals surface area (Å²) in [5.41, 5.74) is 0. The van der Waals surface area contributed by atoms with Crippen molar-refractivity contribution in [3.8, 4) is 0 Å². The van der Waals surface area contributed by atoms with Gasteiger partial charge >= 0.3 is 27.6 Å². The number of hydrogen-bond donors (Lipinski definition) is 6. The Labute approximate surface area is 376 Å². The predicted molar refractivity (Wildman–Crippen MR) is 246 cm³/mol. The van der Waals surface area contributed by atoms with Gasteiger partial charge in [0.1, 0.15) is 12.7 Å². The van der Waals surface area contributed by atoms with Crippen LogP contribution in [0.15, 0.2) is 85.1 Å². The fraction of sp³-hybridized carbons (Fsp3) is 0.652. The lowest BCUT2D eigenvalue weighted by atomic mass is 10.1. The molecule has 0 fully saturated rings. The minimum Gasteiger partial charge on any atom is -0.462 e. The van der Waals surface area contributed by atoms with Gasteiger partial charge < -0.3 is 39.5 Å². The zero-order valence-corrected chi connectivity index (χ0v) is 39.4. The summed E-state index contributed by atoms with van der Waals surface area (Å²) < 4.78 is 47.6. The first-order valence-electron chi connectivity index (χ1n) is 22.5. The molecule has 0 bridgehead atoms. The summed E-state index contributed by atoms with van der Waals surface area (Å²) in [6.45, 7) is 1.35. The highest BCUT2D eigenvalue weighted by Gasteiger charge is 2.28. The van der Waals surface area contributed by atoms with Crippen LogP contribution in [0.25, 0.3) is 0 Å². The second-order valence-corrected chi connectivity index (χ2v) is 17.7. The summed E-state index contributed by atoms with van der Waals surface area (Å²) >= 11 is 0. The van der Waals surface area contributed by atoms with Crippen molar-refractivity contribution in [1.29, 1.82) is 0 Å². The van der Waals surface area contributed by atoms with Crippen LogP contribution in [0.1, 0.15) is 142 Å². The van der Waals surface area contributed by atoms with Gasteiger partial charge in [-0.15, -0.1) is 0 Å². The maximum absolute atomic E-state index is 12.7. The highest BCUT2D eigenvalue weighted by atomic mass is 31.2. The number of aliphatic hydroxyl groups is 3. The minimum absolute atomic E-state index is 0.00785. The highest BCUT2D eigenvalue weighted by molar-refractivity contribution is 7.47.